The minimum Gasteiger partial charge on any atom is -0.345 e. The molecule has 0 bridgehead atoms. The van der Waals surface area contributed by atoms with E-state index in [2.05, 4.69) is 20.8 Å². The van der Waals surface area contributed by atoms with E-state index >= 15 is 0 Å². The molecule has 2 heteroatoms. The van der Waals surface area contributed by atoms with Crippen molar-refractivity contribution in [1.82, 2.24) is 4.90 Å². The molecule has 2 nitrogen and oxygen atoms in total. The van der Waals surface area contributed by atoms with Crippen LogP contribution in [0, 0.1) is 11.3 Å². The van der Waals surface area contributed by atoms with E-state index in [1.54, 1.807) is 0 Å². The van der Waals surface area contributed by atoms with Gasteiger partial charge in [-0.3, -0.25) is 4.79 Å². The maximum absolute atomic E-state index is 11.5. The Morgan fingerprint density at radius 1 is 1.42 bits per heavy atom. The predicted molar refractivity (Wildman–Crippen MR) is 49.8 cm³/mol. The molecule has 1 rings (SSSR count). The highest BCUT2D eigenvalue weighted by molar-refractivity contribution is 5.80. The number of amides is 1. The van der Waals surface area contributed by atoms with E-state index < -0.39 is 0 Å². The van der Waals surface area contributed by atoms with Gasteiger partial charge in [0.15, 0.2) is 0 Å². The Labute approximate surface area is 74.9 Å². The molecule has 0 aliphatic heterocycles. The summed E-state index contributed by atoms with van der Waals surface area (Å²) in [5.41, 5.74) is 0.222. The van der Waals surface area contributed by atoms with Crippen molar-refractivity contribution in [1.29, 1.82) is 0 Å². The van der Waals surface area contributed by atoms with Crippen molar-refractivity contribution in [3.63, 3.8) is 0 Å². The Hall–Kier alpha value is -0.530. The molecule has 1 aliphatic carbocycles. The van der Waals surface area contributed by atoms with Crippen molar-refractivity contribution in [2.24, 2.45) is 11.3 Å². The van der Waals surface area contributed by atoms with Crippen LogP contribution in [0.2, 0.25) is 0 Å². The highest BCUT2D eigenvalue weighted by Gasteiger charge is 2.32. The molecular formula is C10H19NO. The fourth-order valence-electron chi connectivity index (χ4n) is 1.43. The molecule has 0 aromatic carbocycles. The maximum Gasteiger partial charge on any atom is 0.225 e. The quantitative estimate of drug-likeness (QED) is 0.618. The summed E-state index contributed by atoms with van der Waals surface area (Å²) in [6, 6.07) is 0. The molecule has 1 fully saturated rings. The number of carbonyl (C=O) groups excluding carboxylic acids is 1. The van der Waals surface area contributed by atoms with Crippen LogP contribution in [-0.4, -0.2) is 24.4 Å². The van der Waals surface area contributed by atoms with Crippen LogP contribution in [0.25, 0.3) is 0 Å². The summed E-state index contributed by atoms with van der Waals surface area (Å²) >= 11 is 0. The van der Waals surface area contributed by atoms with E-state index in [-0.39, 0.29) is 5.41 Å². The molecule has 1 saturated carbocycles. The molecule has 0 spiro atoms. The summed E-state index contributed by atoms with van der Waals surface area (Å²) in [4.78, 5) is 13.4. The van der Waals surface area contributed by atoms with Gasteiger partial charge in [-0.15, -0.1) is 0 Å². The normalized spacial score (nSPS) is 17.7. The van der Waals surface area contributed by atoms with Crippen molar-refractivity contribution in [2.75, 3.05) is 13.6 Å². The summed E-state index contributed by atoms with van der Waals surface area (Å²) in [6.45, 7) is 7.33. The molecular weight excluding hydrogens is 150 g/mol. The van der Waals surface area contributed by atoms with Gasteiger partial charge < -0.3 is 4.90 Å². The number of hydrogen-bond donors (Lipinski definition) is 0. The largest absolute Gasteiger partial charge is 0.345 e. The average molecular weight is 169 g/mol. The first-order chi connectivity index (χ1) is 5.40. The highest BCUT2D eigenvalue weighted by Crippen LogP contribution is 2.31. The zero-order valence-corrected chi connectivity index (χ0v) is 8.55. The average Bonchev–Trinajstić information content (AvgIpc) is 2.62. The Balaban J connectivity index is 2.36. The van der Waals surface area contributed by atoms with E-state index in [0.717, 1.165) is 19.4 Å². The second kappa shape index (κ2) is 3.08. The number of carbonyl (C=O) groups is 1. The van der Waals surface area contributed by atoms with Crippen molar-refractivity contribution >= 4 is 5.91 Å². The van der Waals surface area contributed by atoms with Gasteiger partial charge in [0.05, 0.1) is 0 Å². The maximum atomic E-state index is 11.5. The number of hydrogen-bond acceptors (Lipinski definition) is 1. The van der Waals surface area contributed by atoms with Gasteiger partial charge >= 0.3 is 0 Å². The first kappa shape index (κ1) is 9.56. The third-order valence-corrected chi connectivity index (χ3v) is 2.01. The standard InChI is InChI=1S/C10H19NO/c1-10(2,3)7-11(4)9(12)8-5-6-8/h8H,5-7H2,1-4H3. The molecule has 70 valence electrons. The molecule has 12 heavy (non-hydrogen) atoms. The Morgan fingerprint density at radius 2 is 1.92 bits per heavy atom. The molecule has 0 heterocycles. The monoisotopic (exact) mass is 169 g/mol. The van der Waals surface area contributed by atoms with Crippen LogP contribution in [0.4, 0.5) is 0 Å². The van der Waals surface area contributed by atoms with Gasteiger partial charge in [-0.25, -0.2) is 0 Å². The molecule has 0 unspecified atom stereocenters. The third kappa shape index (κ3) is 2.84. The summed E-state index contributed by atoms with van der Waals surface area (Å²) < 4.78 is 0. The van der Waals surface area contributed by atoms with Crippen LogP contribution in [-0.2, 0) is 4.79 Å². The van der Waals surface area contributed by atoms with Crippen LogP contribution < -0.4 is 0 Å². The Morgan fingerprint density at radius 3 is 2.25 bits per heavy atom. The molecule has 0 saturated heterocycles. The smallest absolute Gasteiger partial charge is 0.225 e. The van der Waals surface area contributed by atoms with Gasteiger partial charge in [0.25, 0.3) is 0 Å². The highest BCUT2D eigenvalue weighted by atomic mass is 16.2. The summed E-state index contributed by atoms with van der Waals surface area (Å²) in [5, 5.41) is 0. The molecule has 0 aromatic heterocycles. The molecule has 1 amide bonds. The van der Waals surface area contributed by atoms with E-state index in [1.165, 1.54) is 0 Å². The van der Waals surface area contributed by atoms with E-state index in [1.807, 2.05) is 11.9 Å². The minimum atomic E-state index is 0.222. The van der Waals surface area contributed by atoms with Gasteiger partial charge in [0, 0.05) is 19.5 Å². The summed E-state index contributed by atoms with van der Waals surface area (Å²) in [7, 11) is 1.91. The molecule has 0 atom stereocenters. The lowest BCUT2D eigenvalue weighted by molar-refractivity contribution is -0.132. The van der Waals surface area contributed by atoms with Crippen LogP contribution in [0.3, 0.4) is 0 Å². The summed E-state index contributed by atoms with van der Waals surface area (Å²) in [6.07, 6.45) is 2.21. The van der Waals surface area contributed by atoms with Crippen LogP contribution >= 0.6 is 0 Å². The first-order valence-electron chi connectivity index (χ1n) is 4.65. The van der Waals surface area contributed by atoms with Gasteiger partial charge in [-0.2, -0.15) is 0 Å². The van der Waals surface area contributed by atoms with Crippen molar-refractivity contribution < 1.29 is 4.79 Å². The number of rotatable bonds is 2. The molecule has 0 N–H and O–H groups in total. The van der Waals surface area contributed by atoms with Gasteiger partial charge in [0.2, 0.25) is 5.91 Å². The zero-order chi connectivity index (χ0) is 9.35. The van der Waals surface area contributed by atoms with Crippen LogP contribution in [0.1, 0.15) is 33.6 Å². The second-order valence-corrected chi connectivity index (χ2v) is 5.03. The fraction of sp³-hybridized carbons (Fsp3) is 0.900. The SMILES string of the molecule is CN(CC(C)(C)C)C(=O)C1CC1. The summed E-state index contributed by atoms with van der Waals surface area (Å²) in [5.74, 6) is 0.697. The second-order valence-electron chi connectivity index (χ2n) is 5.03. The van der Waals surface area contributed by atoms with Crippen LogP contribution in [0.5, 0.6) is 0 Å². The van der Waals surface area contributed by atoms with Gasteiger partial charge in [-0.05, 0) is 18.3 Å². The molecule has 0 aromatic rings. The minimum absolute atomic E-state index is 0.222. The van der Waals surface area contributed by atoms with Crippen LogP contribution in [0.15, 0.2) is 0 Å². The van der Waals surface area contributed by atoms with E-state index in [9.17, 15) is 4.79 Å². The molecule has 0 radical (unpaired) electrons. The van der Waals surface area contributed by atoms with E-state index in [4.69, 9.17) is 0 Å². The third-order valence-electron chi connectivity index (χ3n) is 2.01. The first-order valence-corrected chi connectivity index (χ1v) is 4.65. The fourth-order valence-corrected chi connectivity index (χ4v) is 1.43. The Kier molecular flexibility index (Phi) is 2.45. The molecule has 1 aliphatic rings. The topological polar surface area (TPSA) is 20.3 Å². The number of nitrogens with zero attached hydrogens (tertiary/aromatic N) is 1. The predicted octanol–water partition coefficient (Wildman–Crippen LogP) is 1.90. The lowest BCUT2D eigenvalue weighted by atomic mass is 9.96. The van der Waals surface area contributed by atoms with Crippen molar-refractivity contribution in [3.05, 3.63) is 0 Å². The van der Waals surface area contributed by atoms with Gasteiger partial charge in [0.1, 0.15) is 0 Å². The van der Waals surface area contributed by atoms with E-state index in [0.29, 0.717) is 11.8 Å². The van der Waals surface area contributed by atoms with Crippen molar-refractivity contribution in [2.45, 2.75) is 33.6 Å². The zero-order valence-electron chi connectivity index (χ0n) is 8.55. The van der Waals surface area contributed by atoms with Crippen molar-refractivity contribution in [3.8, 4) is 0 Å². The van der Waals surface area contributed by atoms with Gasteiger partial charge in [-0.1, -0.05) is 20.8 Å². The lowest BCUT2D eigenvalue weighted by Gasteiger charge is -2.26. The lowest BCUT2D eigenvalue weighted by Crippen LogP contribution is -2.35. The Bertz CT molecular complexity index is 177.